The van der Waals surface area contributed by atoms with Crippen LogP contribution in [0.1, 0.15) is 42.4 Å². The van der Waals surface area contributed by atoms with Gasteiger partial charge in [-0.15, -0.1) is 0 Å². The average molecular weight is 389 g/mol. The van der Waals surface area contributed by atoms with E-state index in [2.05, 4.69) is 102 Å². The summed E-state index contributed by atoms with van der Waals surface area (Å²) in [4.78, 5) is 0. The Bertz CT molecular complexity index is 805. The van der Waals surface area contributed by atoms with E-state index >= 15 is 0 Å². The van der Waals surface area contributed by atoms with Crippen molar-refractivity contribution in [2.24, 2.45) is 0 Å². The summed E-state index contributed by atoms with van der Waals surface area (Å²) in [5, 5.41) is 7.35. The third kappa shape index (κ3) is 5.93. The highest BCUT2D eigenvalue weighted by Gasteiger charge is 2.14. The van der Waals surface area contributed by atoms with E-state index in [-0.39, 0.29) is 5.92 Å². The predicted molar refractivity (Wildman–Crippen MR) is 124 cm³/mol. The third-order valence-corrected chi connectivity index (χ3v) is 5.15. The zero-order valence-corrected chi connectivity index (χ0v) is 17.2. The van der Waals surface area contributed by atoms with Crippen molar-refractivity contribution in [3.63, 3.8) is 0 Å². The molecule has 0 spiro atoms. The summed E-state index contributed by atoms with van der Waals surface area (Å²) in [6.07, 6.45) is 3.58. The summed E-state index contributed by atoms with van der Waals surface area (Å²) >= 11 is 5.53. The van der Waals surface area contributed by atoms with Gasteiger partial charge in [0.05, 0.1) is 0 Å². The van der Waals surface area contributed by atoms with Crippen LogP contribution < -0.4 is 10.6 Å². The molecule has 0 aliphatic carbocycles. The molecular formula is C25H28N2S. The fraction of sp³-hybridized carbons (Fsp3) is 0.240. The molecule has 144 valence electrons. The van der Waals surface area contributed by atoms with Crippen molar-refractivity contribution in [1.29, 1.82) is 0 Å². The fourth-order valence-electron chi connectivity index (χ4n) is 3.30. The molecule has 0 saturated carbocycles. The summed E-state index contributed by atoms with van der Waals surface area (Å²) in [6, 6.07) is 29.7. The predicted octanol–water partition coefficient (Wildman–Crippen LogP) is 6.15. The second kappa shape index (κ2) is 10.6. The van der Waals surface area contributed by atoms with Crippen molar-refractivity contribution in [1.82, 2.24) is 5.32 Å². The highest BCUT2D eigenvalue weighted by atomic mass is 32.1. The number of anilines is 1. The highest BCUT2D eigenvalue weighted by Crippen LogP contribution is 2.23. The van der Waals surface area contributed by atoms with Gasteiger partial charge in [0, 0.05) is 18.2 Å². The van der Waals surface area contributed by atoms with Gasteiger partial charge in [-0.3, -0.25) is 0 Å². The third-order valence-electron chi connectivity index (χ3n) is 4.90. The van der Waals surface area contributed by atoms with Crippen LogP contribution in [0.3, 0.4) is 0 Å². The summed E-state index contributed by atoms with van der Waals surface area (Å²) in [6.45, 7) is 2.96. The maximum Gasteiger partial charge on any atom is 0.170 e. The summed E-state index contributed by atoms with van der Waals surface area (Å²) in [5.74, 6) is 0.249. The van der Waals surface area contributed by atoms with Crippen LogP contribution in [0.25, 0.3) is 0 Å². The minimum atomic E-state index is 0.249. The molecule has 0 amide bonds. The first-order chi connectivity index (χ1) is 13.8. The van der Waals surface area contributed by atoms with Crippen molar-refractivity contribution in [3.05, 3.63) is 102 Å². The number of rotatable bonds is 8. The minimum Gasteiger partial charge on any atom is -0.361 e. The SMILES string of the molecule is CCCCc1ccc(NC(=S)NCC(c2ccccc2)c2ccccc2)cc1. The number of hydrogen-bond acceptors (Lipinski definition) is 1. The lowest BCUT2D eigenvalue weighted by atomic mass is 9.91. The van der Waals surface area contributed by atoms with E-state index in [1.807, 2.05) is 0 Å². The van der Waals surface area contributed by atoms with Crippen LogP contribution in [-0.4, -0.2) is 11.7 Å². The van der Waals surface area contributed by atoms with Crippen molar-refractivity contribution in [2.75, 3.05) is 11.9 Å². The number of aryl methyl sites for hydroxylation is 1. The topological polar surface area (TPSA) is 24.1 Å². The number of nitrogens with one attached hydrogen (secondary N) is 2. The largest absolute Gasteiger partial charge is 0.361 e. The Morgan fingerprint density at radius 2 is 1.39 bits per heavy atom. The Hall–Kier alpha value is -2.65. The second-order valence-electron chi connectivity index (χ2n) is 7.01. The summed E-state index contributed by atoms with van der Waals surface area (Å²) < 4.78 is 0. The normalized spacial score (nSPS) is 10.6. The Labute approximate surface area is 174 Å². The molecule has 0 heterocycles. The van der Waals surface area contributed by atoms with E-state index in [9.17, 15) is 0 Å². The Morgan fingerprint density at radius 3 is 1.93 bits per heavy atom. The Kier molecular flexibility index (Phi) is 7.62. The van der Waals surface area contributed by atoms with Gasteiger partial charge in [-0.2, -0.15) is 0 Å². The van der Waals surface area contributed by atoms with E-state index in [0.29, 0.717) is 5.11 Å². The molecule has 28 heavy (non-hydrogen) atoms. The van der Waals surface area contributed by atoms with Gasteiger partial charge in [-0.05, 0) is 53.9 Å². The molecule has 3 heteroatoms. The lowest BCUT2D eigenvalue weighted by molar-refractivity contribution is 0.761. The van der Waals surface area contributed by atoms with Gasteiger partial charge >= 0.3 is 0 Å². The molecule has 0 unspecified atom stereocenters. The molecule has 3 rings (SSSR count). The molecular weight excluding hydrogens is 360 g/mol. The lowest BCUT2D eigenvalue weighted by Crippen LogP contribution is -2.32. The van der Waals surface area contributed by atoms with Gasteiger partial charge in [-0.1, -0.05) is 86.1 Å². The number of thiocarbonyl (C=S) groups is 1. The monoisotopic (exact) mass is 388 g/mol. The van der Waals surface area contributed by atoms with Crippen molar-refractivity contribution in [3.8, 4) is 0 Å². The van der Waals surface area contributed by atoms with E-state index < -0.39 is 0 Å². The number of benzene rings is 3. The van der Waals surface area contributed by atoms with Gasteiger partial charge in [0.15, 0.2) is 5.11 Å². The Morgan fingerprint density at radius 1 is 0.821 bits per heavy atom. The zero-order valence-electron chi connectivity index (χ0n) is 16.4. The summed E-state index contributed by atoms with van der Waals surface area (Å²) in [5.41, 5.74) is 4.96. The Balaban J connectivity index is 1.61. The lowest BCUT2D eigenvalue weighted by Gasteiger charge is -2.20. The molecule has 3 aromatic rings. The molecule has 0 saturated heterocycles. The number of unbranched alkanes of at least 4 members (excludes halogenated alkanes) is 1. The molecule has 0 fully saturated rings. The van der Waals surface area contributed by atoms with Crippen LogP contribution in [-0.2, 0) is 6.42 Å². The van der Waals surface area contributed by atoms with Crippen molar-refractivity contribution < 1.29 is 0 Å². The first-order valence-corrected chi connectivity index (χ1v) is 10.4. The highest BCUT2D eigenvalue weighted by molar-refractivity contribution is 7.80. The minimum absolute atomic E-state index is 0.249. The van der Waals surface area contributed by atoms with Gasteiger partial charge in [0.2, 0.25) is 0 Å². The van der Waals surface area contributed by atoms with Crippen LogP contribution in [0.5, 0.6) is 0 Å². The molecule has 2 nitrogen and oxygen atoms in total. The van der Waals surface area contributed by atoms with Gasteiger partial charge in [0.25, 0.3) is 0 Å². The van der Waals surface area contributed by atoms with Gasteiger partial charge in [-0.25, -0.2) is 0 Å². The first kappa shape index (κ1) is 20.1. The van der Waals surface area contributed by atoms with E-state index in [1.165, 1.54) is 29.5 Å². The van der Waals surface area contributed by atoms with Crippen LogP contribution in [0.15, 0.2) is 84.9 Å². The van der Waals surface area contributed by atoms with Crippen molar-refractivity contribution >= 4 is 23.0 Å². The molecule has 3 aromatic carbocycles. The average Bonchev–Trinajstić information content (AvgIpc) is 2.75. The van der Waals surface area contributed by atoms with Crippen LogP contribution >= 0.6 is 12.2 Å². The maximum absolute atomic E-state index is 5.53. The molecule has 0 atom stereocenters. The fourth-order valence-corrected chi connectivity index (χ4v) is 3.51. The number of hydrogen-bond donors (Lipinski definition) is 2. The molecule has 0 radical (unpaired) electrons. The quantitative estimate of drug-likeness (QED) is 0.453. The molecule has 0 aromatic heterocycles. The zero-order chi connectivity index (χ0) is 19.6. The maximum atomic E-state index is 5.53. The standard InChI is InChI=1S/C25H28N2S/c1-2-3-10-20-15-17-23(18-16-20)27-25(28)26-19-24(21-11-6-4-7-12-21)22-13-8-5-9-14-22/h4-9,11-18,24H,2-3,10,19H2,1H3,(H2,26,27,28). The van der Waals surface area contributed by atoms with Gasteiger partial charge < -0.3 is 10.6 Å². The van der Waals surface area contributed by atoms with E-state index in [1.54, 1.807) is 0 Å². The molecule has 2 N–H and O–H groups in total. The smallest absolute Gasteiger partial charge is 0.170 e. The molecule has 0 aliphatic rings. The first-order valence-electron chi connectivity index (χ1n) is 10.00. The van der Waals surface area contributed by atoms with Crippen LogP contribution in [0.2, 0.25) is 0 Å². The second-order valence-corrected chi connectivity index (χ2v) is 7.42. The molecule has 0 aliphatic heterocycles. The van der Waals surface area contributed by atoms with Crippen molar-refractivity contribution in [2.45, 2.75) is 32.1 Å². The molecule has 0 bridgehead atoms. The van der Waals surface area contributed by atoms with Gasteiger partial charge in [0.1, 0.15) is 0 Å². The van der Waals surface area contributed by atoms with E-state index in [0.717, 1.165) is 18.7 Å². The van der Waals surface area contributed by atoms with Crippen LogP contribution in [0.4, 0.5) is 5.69 Å². The van der Waals surface area contributed by atoms with E-state index in [4.69, 9.17) is 12.2 Å². The van der Waals surface area contributed by atoms with Crippen LogP contribution in [0, 0.1) is 0 Å². The summed E-state index contributed by atoms with van der Waals surface area (Å²) in [7, 11) is 0.